The number of nitrogens with zero attached hydrogens (tertiary/aromatic N) is 1. The van der Waals surface area contributed by atoms with Gasteiger partial charge in [-0.2, -0.15) is 0 Å². The molecule has 10 nitrogen and oxygen atoms in total. The monoisotopic (exact) mass is 1090 g/mol. The summed E-state index contributed by atoms with van der Waals surface area (Å²) in [6, 6.07) is 26.9. The molecule has 0 saturated carbocycles. The fourth-order valence-electron chi connectivity index (χ4n) is 7.25. The SMILES string of the molecule is CCCCC(N(NC(=O)c1ccc(CC)cc1)C(=O)c1cc(C)cc(C)c1)C(C)(C)C.CCCCC(NNC(=O)c1ccc(CC)cc1)C(C)(C)C.Cc1cc(C)cc(C(=O)Cl)c1.ClCCl.O=C[O-].[H-].[K+].[K+]. The van der Waals surface area contributed by atoms with Gasteiger partial charge in [0.2, 0.25) is 0 Å². The van der Waals surface area contributed by atoms with Crippen LogP contribution in [0.3, 0.4) is 0 Å². The van der Waals surface area contributed by atoms with Gasteiger partial charge < -0.3 is 11.3 Å². The molecule has 0 radical (unpaired) electrons. The first kappa shape index (κ1) is 73.8. The van der Waals surface area contributed by atoms with Crippen LogP contribution in [0.5, 0.6) is 0 Å². The summed E-state index contributed by atoms with van der Waals surface area (Å²) in [6.45, 7) is 28.8. The number of benzene rings is 4. The van der Waals surface area contributed by atoms with E-state index in [1.807, 2.05) is 100 Å². The van der Waals surface area contributed by atoms with E-state index in [1.165, 1.54) is 17.5 Å². The molecule has 0 aliphatic heterocycles. The maximum Gasteiger partial charge on any atom is 1.00 e. The van der Waals surface area contributed by atoms with Gasteiger partial charge >= 0.3 is 103 Å². The summed E-state index contributed by atoms with van der Waals surface area (Å²) in [5.74, 6) is -0.490. The predicted octanol–water partition coefficient (Wildman–Crippen LogP) is 6.94. The first-order chi connectivity index (χ1) is 32.4. The number of carbonyl (C=O) groups excluding carboxylic acids is 5. The molecule has 3 amide bonds. The number of halogens is 3. The minimum absolute atomic E-state index is 0. The Balaban J connectivity index is -0.000000486. The molecule has 2 unspecified atom stereocenters. The van der Waals surface area contributed by atoms with Gasteiger partial charge in [0.1, 0.15) is 0 Å². The van der Waals surface area contributed by atoms with Crippen LogP contribution in [0, 0.1) is 38.5 Å². The second kappa shape index (κ2) is 39.9. The quantitative estimate of drug-likeness (QED) is 0.0385. The number of hydrogen-bond donors (Lipinski definition) is 3. The Kier molecular flexibility index (Phi) is 41.4. The van der Waals surface area contributed by atoms with Gasteiger partial charge in [0.25, 0.3) is 23.0 Å². The fourth-order valence-corrected chi connectivity index (χ4v) is 7.36. The van der Waals surface area contributed by atoms with Crippen LogP contribution in [-0.2, 0) is 17.6 Å². The zero-order valence-corrected chi connectivity index (χ0v) is 54.2. The van der Waals surface area contributed by atoms with Gasteiger partial charge in [-0.15, -0.1) is 23.2 Å². The molecule has 0 aliphatic carbocycles. The number of rotatable bonds is 15. The minimum Gasteiger partial charge on any atom is -1.00 e. The van der Waals surface area contributed by atoms with Crippen LogP contribution in [-0.4, -0.2) is 51.9 Å². The van der Waals surface area contributed by atoms with Crippen molar-refractivity contribution in [2.45, 2.75) is 160 Å². The summed E-state index contributed by atoms with van der Waals surface area (Å²) in [5.41, 5.74) is 18.0. The number of amides is 3. The minimum atomic E-state index is -0.500. The van der Waals surface area contributed by atoms with Crippen molar-refractivity contribution in [2.75, 3.05) is 5.34 Å². The Morgan fingerprint density at radius 3 is 1.32 bits per heavy atom. The number of hydrogen-bond acceptors (Lipinski definition) is 7. The van der Waals surface area contributed by atoms with Gasteiger partial charge in [-0.3, -0.25) is 30.0 Å². The molecule has 15 heteroatoms. The Hall–Kier alpha value is -1.47. The second-order valence-corrected chi connectivity index (χ2v) is 20.3. The molecule has 0 saturated heterocycles. The molecular formula is C56H81Cl3K2N4O6. The Labute approximate surface area is 528 Å². The van der Waals surface area contributed by atoms with E-state index in [4.69, 9.17) is 44.7 Å². The topological polar surface area (TPSA) is 148 Å². The number of nitrogens with one attached hydrogen (secondary N) is 3. The Morgan fingerprint density at radius 2 is 0.986 bits per heavy atom. The number of carbonyl (C=O) groups is 5. The number of hydrazine groups is 2. The van der Waals surface area contributed by atoms with Crippen LogP contribution < -0.4 is 124 Å². The van der Waals surface area contributed by atoms with Crippen molar-refractivity contribution in [1.29, 1.82) is 0 Å². The van der Waals surface area contributed by atoms with Crippen LogP contribution >= 0.6 is 34.8 Å². The van der Waals surface area contributed by atoms with Crippen LogP contribution in [0.15, 0.2) is 84.9 Å². The van der Waals surface area contributed by atoms with Crippen LogP contribution in [0.25, 0.3) is 0 Å². The molecule has 0 aliphatic rings. The molecule has 3 N–H and O–H groups in total. The summed E-state index contributed by atoms with van der Waals surface area (Å²) in [5, 5.41) is 9.64. The van der Waals surface area contributed by atoms with Crippen molar-refractivity contribution in [3.63, 3.8) is 0 Å². The Bertz CT molecular complexity index is 2130. The molecule has 0 aromatic heterocycles. The molecule has 384 valence electrons. The standard InChI is InChI=1S/C27H38N2O2.C18H30N2O.C9H9ClO.CH2Cl2.CH2O2.2K.H/c1-8-10-11-24(27(5,6)7)29(26(31)23-17-19(3)16-20(4)18-23)28-25(30)22-14-12-21(9-2)13-15-22;1-6-8-9-16(18(3,4)5)19-20-17(21)15-12-10-14(7-2)11-13-15;1-6-3-7(2)5-8(4-6)9(10)11;2*2-1-3;;;/h12-18,24H,8-11H2,1-7H3,(H,28,30);10-13,16,19H,6-9H2,1-5H3,(H,20,21);3-5H,1-2H3;1H2;1H,(H,2,3);;;/q;;;;;2*+1;-1/p-1. The van der Waals surface area contributed by atoms with Crippen molar-refractivity contribution in [3.05, 3.63) is 141 Å². The van der Waals surface area contributed by atoms with Gasteiger partial charge in [0.15, 0.2) is 0 Å². The fraction of sp³-hybridized carbons (Fsp3) is 0.482. The van der Waals surface area contributed by atoms with E-state index >= 15 is 0 Å². The number of alkyl halides is 2. The first-order valence-electron chi connectivity index (χ1n) is 23.8. The van der Waals surface area contributed by atoms with E-state index < -0.39 is 11.7 Å². The molecule has 71 heavy (non-hydrogen) atoms. The molecule has 2 atom stereocenters. The zero-order chi connectivity index (χ0) is 52.9. The van der Waals surface area contributed by atoms with Gasteiger partial charge in [0, 0.05) is 34.8 Å². The average Bonchev–Trinajstić information content (AvgIpc) is 3.28. The number of aryl methyl sites for hydroxylation is 6. The van der Waals surface area contributed by atoms with Crippen LogP contribution in [0.1, 0.15) is 184 Å². The third-order valence-electron chi connectivity index (χ3n) is 11.0. The maximum absolute atomic E-state index is 13.7. The molecule has 4 aromatic carbocycles. The zero-order valence-electron chi connectivity index (χ0n) is 46.7. The van der Waals surface area contributed by atoms with Gasteiger partial charge in [-0.1, -0.05) is 154 Å². The van der Waals surface area contributed by atoms with Gasteiger partial charge in [-0.25, -0.2) is 10.4 Å². The summed E-state index contributed by atoms with van der Waals surface area (Å²) >= 11 is 14.8. The van der Waals surface area contributed by atoms with Crippen molar-refractivity contribution < 1.29 is 133 Å². The molecule has 0 bridgehead atoms. The molecule has 4 aromatic rings. The van der Waals surface area contributed by atoms with E-state index in [-0.39, 0.29) is 150 Å². The summed E-state index contributed by atoms with van der Waals surface area (Å²) in [7, 11) is 0. The van der Waals surface area contributed by atoms with Crippen molar-refractivity contribution >= 4 is 64.2 Å². The Morgan fingerprint density at radius 1 is 0.620 bits per heavy atom. The molecule has 0 fully saturated rings. The van der Waals surface area contributed by atoms with Crippen LogP contribution in [0.4, 0.5) is 0 Å². The van der Waals surface area contributed by atoms with Crippen molar-refractivity contribution in [2.24, 2.45) is 10.8 Å². The first-order valence-corrected chi connectivity index (χ1v) is 25.2. The second-order valence-electron chi connectivity index (χ2n) is 19.1. The summed E-state index contributed by atoms with van der Waals surface area (Å²) in [6.07, 6.45) is 8.15. The number of unbranched alkanes of at least 4 members (excludes halogenated alkanes) is 2. The van der Waals surface area contributed by atoms with E-state index in [2.05, 4.69) is 85.5 Å². The third-order valence-corrected chi connectivity index (χ3v) is 11.2. The van der Waals surface area contributed by atoms with Crippen LogP contribution in [0.2, 0.25) is 0 Å². The average molecular weight is 1090 g/mol. The maximum atomic E-state index is 13.7. The van der Waals surface area contributed by atoms with Gasteiger partial charge in [0.05, 0.1) is 11.4 Å². The predicted molar refractivity (Wildman–Crippen MR) is 287 cm³/mol. The molecule has 0 heterocycles. The largest absolute Gasteiger partial charge is 1.00 e. The third kappa shape index (κ3) is 30.6. The molecule has 0 spiro atoms. The number of carboxylic acid groups (broad SMARTS) is 1. The van der Waals surface area contributed by atoms with E-state index in [1.54, 1.807) is 17.1 Å². The summed E-state index contributed by atoms with van der Waals surface area (Å²) < 4.78 is 0. The molecule has 4 rings (SSSR count). The van der Waals surface area contributed by atoms with E-state index in [0.29, 0.717) is 22.3 Å². The van der Waals surface area contributed by atoms with Gasteiger partial charge in [-0.05, 0) is 135 Å². The van der Waals surface area contributed by atoms with E-state index in [0.717, 1.165) is 67.2 Å². The summed E-state index contributed by atoms with van der Waals surface area (Å²) in [4.78, 5) is 57.9. The van der Waals surface area contributed by atoms with Crippen molar-refractivity contribution in [1.82, 2.24) is 21.3 Å². The molecular weight excluding hydrogens is 1010 g/mol. The smallest absolute Gasteiger partial charge is 1.00 e. The van der Waals surface area contributed by atoms with Crippen molar-refractivity contribution in [3.8, 4) is 0 Å². The normalized spacial score (nSPS) is 11.2. The van der Waals surface area contributed by atoms with E-state index in [9.17, 15) is 19.2 Å².